The van der Waals surface area contributed by atoms with Crippen LogP contribution >= 0.6 is 11.3 Å². The Morgan fingerprint density at radius 1 is 1.19 bits per heavy atom. The summed E-state index contributed by atoms with van der Waals surface area (Å²) in [6.07, 6.45) is 1.96. The van der Waals surface area contributed by atoms with Gasteiger partial charge in [-0.1, -0.05) is 42.9 Å². The van der Waals surface area contributed by atoms with Crippen molar-refractivity contribution in [2.45, 2.75) is 57.8 Å². The van der Waals surface area contributed by atoms with Crippen molar-refractivity contribution in [2.75, 3.05) is 11.9 Å². The second kappa shape index (κ2) is 9.38. The molecule has 2 rings (SSSR count). The molecule has 0 spiro atoms. The van der Waals surface area contributed by atoms with Gasteiger partial charge in [-0.2, -0.15) is 0 Å². The highest BCUT2D eigenvalue weighted by Crippen LogP contribution is 2.28. The average Bonchev–Trinajstić information content (AvgIpc) is 3.03. The summed E-state index contributed by atoms with van der Waals surface area (Å²) in [5.74, 6) is 0.0447. The lowest BCUT2D eigenvalue weighted by molar-refractivity contribution is -0.116. The number of amides is 1. The van der Waals surface area contributed by atoms with Crippen LogP contribution in [0.4, 0.5) is 5.13 Å². The van der Waals surface area contributed by atoms with Gasteiger partial charge >= 0.3 is 0 Å². The summed E-state index contributed by atoms with van der Waals surface area (Å²) in [4.78, 5) is 12.3. The first-order chi connectivity index (χ1) is 12.8. The summed E-state index contributed by atoms with van der Waals surface area (Å²) in [5, 5.41) is 12.2. The third kappa shape index (κ3) is 5.82. The molecule has 1 aromatic heterocycles. The van der Waals surface area contributed by atoms with Crippen LogP contribution in [0.3, 0.4) is 0 Å². The van der Waals surface area contributed by atoms with Gasteiger partial charge in [0.05, 0.1) is 4.90 Å². The molecule has 1 heterocycles. The van der Waals surface area contributed by atoms with Crippen molar-refractivity contribution >= 4 is 32.4 Å². The van der Waals surface area contributed by atoms with E-state index in [9.17, 15) is 13.2 Å². The van der Waals surface area contributed by atoms with Crippen LogP contribution in [0.2, 0.25) is 0 Å². The van der Waals surface area contributed by atoms with Crippen molar-refractivity contribution in [3.8, 4) is 0 Å². The fourth-order valence-electron chi connectivity index (χ4n) is 2.75. The summed E-state index contributed by atoms with van der Waals surface area (Å²) in [7, 11) is -3.65. The minimum atomic E-state index is -3.65. The fraction of sp³-hybridized carbons (Fsp3) is 0.500. The quantitative estimate of drug-likeness (QED) is 0.660. The van der Waals surface area contributed by atoms with Gasteiger partial charge in [0.2, 0.25) is 21.1 Å². The largest absolute Gasteiger partial charge is 0.300 e. The number of nitrogens with one attached hydrogen (secondary N) is 2. The maximum absolute atomic E-state index is 12.4. The number of carbonyl (C=O) groups excluding carboxylic acids is 1. The van der Waals surface area contributed by atoms with Crippen LogP contribution in [0, 0.1) is 13.8 Å². The summed E-state index contributed by atoms with van der Waals surface area (Å²) in [5.41, 5.74) is 1.67. The van der Waals surface area contributed by atoms with Gasteiger partial charge in [-0.05, 0) is 38.3 Å². The maximum atomic E-state index is 12.4. The molecular formula is C18H26N4O3S2. The molecule has 2 N–H and O–H groups in total. The third-order valence-corrected chi connectivity index (χ3v) is 6.91. The van der Waals surface area contributed by atoms with Crippen LogP contribution in [0.1, 0.15) is 55.2 Å². The van der Waals surface area contributed by atoms with Crippen molar-refractivity contribution in [3.05, 3.63) is 34.3 Å². The first-order valence-corrected chi connectivity index (χ1v) is 11.3. The molecule has 0 aliphatic rings. The van der Waals surface area contributed by atoms with Crippen molar-refractivity contribution in [2.24, 2.45) is 0 Å². The van der Waals surface area contributed by atoms with Gasteiger partial charge in [-0.15, -0.1) is 10.2 Å². The number of hydrogen-bond acceptors (Lipinski definition) is 6. The molecule has 0 bridgehead atoms. The van der Waals surface area contributed by atoms with Crippen molar-refractivity contribution in [1.82, 2.24) is 14.9 Å². The average molecular weight is 411 g/mol. The molecule has 27 heavy (non-hydrogen) atoms. The fourth-order valence-corrected chi connectivity index (χ4v) is 5.03. The highest BCUT2D eigenvalue weighted by molar-refractivity contribution is 7.89. The van der Waals surface area contributed by atoms with Gasteiger partial charge in [0.15, 0.2) is 0 Å². The molecule has 1 aromatic carbocycles. The SMILES string of the molecule is CCC(CC)c1nnc(NC(=O)CCNS(=O)(=O)c2ccc(C)cc2C)s1. The first kappa shape index (κ1) is 21.5. The molecule has 148 valence electrons. The monoisotopic (exact) mass is 410 g/mol. The summed E-state index contributed by atoms with van der Waals surface area (Å²) < 4.78 is 27.2. The second-order valence-corrected chi connectivity index (χ2v) is 9.17. The number of carbonyl (C=O) groups is 1. The zero-order valence-corrected chi connectivity index (χ0v) is 17.7. The minimum absolute atomic E-state index is 0.0136. The molecule has 0 saturated carbocycles. The number of benzene rings is 1. The van der Waals surface area contributed by atoms with E-state index in [1.165, 1.54) is 11.3 Å². The van der Waals surface area contributed by atoms with Crippen molar-refractivity contribution < 1.29 is 13.2 Å². The third-order valence-electron chi connectivity index (χ3n) is 4.29. The van der Waals surface area contributed by atoms with E-state index in [1.807, 2.05) is 13.0 Å². The van der Waals surface area contributed by atoms with E-state index in [1.54, 1.807) is 19.1 Å². The van der Waals surface area contributed by atoms with Gasteiger partial charge < -0.3 is 5.32 Å². The number of anilines is 1. The molecule has 9 heteroatoms. The number of aryl methyl sites for hydroxylation is 2. The minimum Gasteiger partial charge on any atom is -0.300 e. The topological polar surface area (TPSA) is 101 Å². The lowest BCUT2D eigenvalue weighted by Crippen LogP contribution is -2.28. The molecular weight excluding hydrogens is 384 g/mol. The standard InChI is InChI=1S/C18H26N4O3S2/c1-5-14(6-2)17-21-22-18(26-17)20-16(23)9-10-19-27(24,25)15-8-7-12(3)11-13(15)4/h7-8,11,14,19H,5-6,9-10H2,1-4H3,(H,20,22,23). The van der Waals surface area contributed by atoms with E-state index in [0.29, 0.717) is 16.6 Å². The number of aromatic nitrogens is 2. The molecule has 0 radical (unpaired) electrons. The van der Waals surface area contributed by atoms with E-state index in [4.69, 9.17) is 0 Å². The van der Waals surface area contributed by atoms with E-state index in [-0.39, 0.29) is 23.8 Å². The summed E-state index contributed by atoms with van der Waals surface area (Å²) in [6.45, 7) is 7.86. The van der Waals surface area contributed by atoms with E-state index >= 15 is 0 Å². The van der Waals surface area contributed by atoms with Gasteiger partial charge in [-0.3, -0.25) is 4.79 Å². The number of rotatable bonds is 9. The van der Waals surface area contributed by atoms with Gasteiger partial charge in [0, 0.05) is 18.9 Å². The highest BCUT2D eigenvalue weighted by Gasteiger charge is 2.18. The van der Waals surface area contributed by atoms with Crippen LogP contribution in [-0.2, 0) is 14.8 Å². The predicted molar refractivity (Wildman–Crippen MR) is 108 cm³/mol. The van der Waals surface area contributed by atoms with E-state index < -0.39 is 10.0 Å². The van der Waals surface area contributed by atoms with E-state index in [0.717, 1.165) is 23.4 Å². The maximum Gasteiger partial charge on any atom is 0.240 e. The molecule has 0 unspecified atom stereocenters. The Bertz CT molecular complexity index is 890. The second-order valence-electron chi connectivity index (χ2n) is 6.42. The van der Waals surface area contributed by atoms with Gasteiger partial charge in [0.25, 0.3) is 0 Å². The number of sulfonamides is 1. The van der Waals surface area contributed by atoms with Crippen LogP contribution in [0.15, 0.2) is 23.1 Å². The Labute approximate surface area is 164 Å². The summed E-state index contributed by atoms with van der Waals surface area (Å²) >= 11 is 1.36. The molecule has 0 atom stereocenters. The van der Waals surface area contributed by atoms with Crippen LogP contribution in [0.25, 0.3) is 0 Å². The molecule has 1 amide bonds. The van der Waals surface area contributed by atoms with Crippen molar-refractivity contribution in [1.29, 1.82) is 0 Å². The lowest BCUT2D eigenvalue weighted by atomic mass is 10.1. The van der Waals surface area contributed by atoms with Crippen LogP contribution in [-0.4, -0.2) is 31.1 Å². The molecule has 7 nitrogen and oxygen atoms in total. The molecule has 0 aliphatic carbocycles. The zero-order chi connectivity index (χ0) is 20.0. The Hall–Kier alpha value is -1.84. The van der Waals surface area contributed by atoms with E-state index in [2.05, 4.69) is 34.1 Å². The molecule has 0 fully saturated rings. The molecule has 0 saturated heterocycles. The van der Waals surface area contributed by atoms with Gasteiger partial charge in [-0.25, -0.2) is 13.1 Å². The first-order valence-electron chi connectivity index (χ1n) is 8.97. The Balaban J connectivity index is 1.89. The Kier molecular flexibility index (Phi) is 7.46. The smallest absolute Gasteiger partial charge is 0.240 e. The lowest BCUT2D eigenvalue weighted by Gasteiger charge is -2.09. The number of hydrogen-bond donors (Lipinski definition) is 2. The summed E-state index contributed by atoms with van der Waals surface area (Å²) in [6, 6.07) is 5.14. The Morgan fingerprint density at radius 3 is 2.52 bits per heavy atom. The highest BCUT2D eigenvalue weighted by atomic mass is 32.2. The zero-order valence-electron chi connectivity index (χ0n) is 16.1. The van der Waals surface area contributed by atoms with Crippen LogP contribution in [0.5, 0.6) is 0 Å². The normalized spacial score (nSPS) is 11.7. The molecule has 2 aromatic rings. The van der Waals surface area contributed by atoms with Crippen molar-refractivity contribution in [3.63, 3.8) is 0 Å². The Morgan fingerprint density at radius 2 is 1.89 bits per heavy atom. The van der Waals surface area contributed by atoms with Crippen LogP contribution < -0.4 is 10.0 Å². The van der Waals surface area contributed by atoms with Gasteiger partial charge in [0.1, 0.15) is 5.01 Å². The number of nitrogens with zero attached hydrogens (tertiary/aromatic N) is 2. The predicted octanol–water partition coefficient (Wildman–Crippen LogP) is 3.37. The molecule has 0 aliphatic heterocycles.